The van der Waals surface area contributed by atoms with Gasteiger partial charge < -0.3 is 10.4 Å². The average Bonchev–Trinajstić information content (AvgIpc) is 2.80. The van der Waals surface area contributed by atoms with Crippen LogP contribution >= 0.6 is 0 Å². The summed E-state index contributed by atoms with van der Waals surface area (Å²) in [5.41, 5.74) is 1.34. The van der Waals surface area contributed by atoms with Gasteiger partial charge in [-0.05, 0) is 31.7 Å². The average molecular weight is 264 g/mol. The molecule has 0 aromatic heterocycles. The molecule has 102 valence electrons. The molecule has 6 heteroatoms. The zero-order valence-electron chi connectivity index (χ0n) is 10.6. The first-order valence-corrected chi connectivity index (χ1v) is 6.22. The predicted molar refractivity (Wildman–Crippen MR) is 70.2 cm³/mol. The molecule has 2 atom stereocenters. The van der Waals surface area contributed by atoms with Crippen LogP contribution in [0.5, 0.6) is 0 Å². The summed E-state index contributed by atoms with van der Waals surface area (Å²) in [6.07, 6.45) is 1.86. The number of hydrogen-bond donors (Lipinski definition) is 2. The van der Waals surface area contributed by atoms with Gasteiger partial charge in [-0.15, -0.1) is 0 Å². The fraction of sp³-hybridized carbons (Fsp3) is 0.462. The first kappa shape index (κ1) is 13.3. The Morgan fingerprint density at radius 1 is 1.47 bits per heavy atom. The number of anilines is 1. The molecule has 0 radical (unpaired) electrons. The molecule has 0 saturated heterocycles. The Labute approximate surface area is 110 Å². The quantitative estimate of drug-likeness (QED) is 0.644. The lowest BCUT2D eigenvalue weighted by Gasteiger charge is -2.15. The molecular weight excluding hydrogens is 248 g/mol. The minimum atomic E-state index is -0.788. The number of nitro groups is 1. The number of carbonyl (C=O) groups is 1. The van der Waals surface area contributed by atoms with Gasteiger partial charge in [-0.1, -0.05) is 12.1 Å². The van der Waals surface area contributed by atoms with Gasteiger partial charge in [0.1, 0.15) is 5.69 Å². The van der Waals surface area contributed by atoms with Crippen LogP contribution in [0, 0.1) is 23.0 Å². The van der Waals surface area contributed by atoms with Gasteiger partial charge in [0.05, 0.1) is 10.8 Å². The summed E-state index contributed by atoms with van der Waals surface area (Å²) in [6, 6.07) is 4.89. The standard InChI is InChI=1S/C13H16N2O4/c1-8-3-2-4-11(15(18)19)12(8)14-10-6-5-9(7-10)13(16)17/h2-4,9-10,14H,5-7H2,1H3,(H,16,17). The summed E-state index contributed by atoms with van der Waals surface area (Å²) in [5, 5.41) is 23.1. The van der Waals surface area contributed by atoms with E-state index in [0.29, 0.717) is 18.5 Å². The first-order chi connectivity index (χ1) is 8.99. The lowest BCUT2D eigenvalue weighted by Crippen LogP contribution is -2.19. The number of nitro benzene ring substituents is 1. The molecule has 0 heterocycles. The van der Waals surface area contributed by atoms with Crippen molar-refractivity contribution in [1.29, 1.82) is 0 Å². The third-order valence-corrected chi connectivity index (χ3v) is 3.58. The van der Waals surface area contributed by atoms with E-state index in [0.717, 1.165) is 12.0 Å². The number of hydrogen-bond acceptors (Lipinski definition) is 4. The SMILES string of the molecule is Cc1cccc([N+](=O)[O-])c1NC1CCC(C(=O)O)C1. The number of carboxylic acid groups (broad SMARTS) is 1. The molecule has 0 spiro atoms. The van der Waals surface area contributed by atoms with Crippen molar-refractivity contribution in [3.63, 3.8) is 0 Å². The molecule has 19 heavy (non-hydrogen) atoms. The molecule has 1 aliphatic carbocycles. The van der Waals surface area contributed by atoms with Gasteiger partial charge in [0, 0.05) is 12.1 Å². The van der Waals surface area contributed by atoms with Crippen LogP contribution in [0.3, 0.4) is 0 Å². The highest BCUT2D eigenvalue weighted by atomic mass is 16.6. The van der Waals surface area contributed by atoms with E-state index < -0.39 is 10.9 Å². The largest absolute Gasteiger partial charge is 0.481 e. The second-order valence-corrected chi connectivity index (χ2v) is 4.92. The summed E-state index contributed by atoms with van der Waals surface area (Å²) in [4.78, 5) is 21.5. The highest BCUT2D eigenvalue weighted by Crippen LogP contribution is 2.33. The molecule has 1 aromatic carbocycles. The molecule has 0 amide bonds. The highest BCUT2D eigenvalue weighted by Gasteiger charge is 2.31. The van der Waals surface area contributed by atoms with Crippen molar-refractivity contribution in [3.05, 3.63) is 33.9 Å². The fourth-order valence-electron chi connectivity index (χ4n) is 2.53. The Bertz CT molecular complexity index is 515. The summed E-state index contributed by atoms with van der Waals surface area (Å²) >= 11 is 0. The molecule has 1 aliphatic rings. The van der Waals surface area contributed by atoms with Crippen LogP contribution in [-0.2, 0) is 4.79 Å². The molecule has 2 rings (SSSR count). The van der Waals surface area contributed by atoms with Gasteiger partial charge in [0.25, 0.3) is 5.69 Å². The maximum Gasteiger partial charge on any atom is 0.306 e. The second-order valence-electron chi connectivity index (χ2n) is 4.92. The van der Waals surface area contributed by atoms with Gasteiger partial charge in [0.2, 0.25) is 0 Å². The van der Waals surface area contributed by atoms with Crippen LogP contribution in [0.4, 0.5) is 11.4 Å². The summed E-state index contributed by atoms with van der Waals surface area (Å²) in [5.74, 6) is -1.14. The third kappa shape index (κ3) is 2.83. The molecule has 6 nitrogen and oxygen atoms in total. The number of aliphatic carboxylic acids is 1. The summed E-state index contributed by atoms with van der Waals surface area (Å²) in [6.45, 7) is 1.80. The maximum absolute atomic E-state index is 11.0. The number of nitrogens with one attached hydrogen (secondary N) is 1. The van der Waals surface area contributed by atoms with E-state index >= 15 is 0 Å². The Morgan fingerprint density at radius 3 is 2.79 bits per heavy atom. The number of nitrogens with zero attached hydrogens (tertiary/aromatic N) is 1. The van der Waals surface area contributed by atoms with Gasteiger partial charge in [-0.2, -0.15) is 0 Å². The predicted octanol–water partition coefficient (Wildman–Crippen LogP) is 2.57. The van der Waals surface area contributed by atoms with Gasteiger partial charge >= 0.3 is 5.97 Å². The lowest BCUT2D eigenvalue weighted by molar-refractivity contribution is -0.384. The van der Waals surface area contributed by atoms with Crippen LogP contribution in [-0.4, -0.2) is 22.0 Å². The normalized spacial score (nSPS) is 22.2. The van der Waals surface area contributed by atoms with Gasteiger partial charge in [0.15, 0.2) is 0 Å². The molecule has 1 aromatic rings. The van der Waals surface area contributed by atoms with E-state index in [9.17, 15) is 14.9 Å². The van der Waals surface area contributed by atoms with Gasteiger partial charge in [-0.25, -0.2) is 0 Å². The van der Waals surface area contributed by atoms with Crippen molar-refractivity contribution >= 4 is 17.3 Å². The van der Waals surface area contributed by atoms with Crippen LogP contribution < -0.4 is 5.32 Å². The van der Waals surface area contributed by atoms with Crippen molar-refractivity contribution in [3.8, 4) is 0 Å². The van der Waals surface area contributed by atoms with E-state index in [-0.39, 0.29) is 17.6 Å². The summed E-state index contributed by atoms with van der Waals surface area (Å²) < 4.78 is 0. The maximum atomic E-state index is 11.0. The van der Waals surface area contributed by atoms with Crippen LogP contribution in [0.1, 0.15) is 24.8 Å². The molecule has 1 fully saturated rings. The minimum Gasteiger partial charge on any atom is -0.481 e. The lowest BCUT2D eigenvalue weighted by atomic mass is 10.1. The fourth-order valence-corrected chi connectivity index (χ4v) is 2.53. The van der Waals surface area contributed by atoms with E-state index in [4.69, 9.17) is 5.11 Å². The number of carboxylic acids is 1. The molecule has 0 bridgehead atoms. The monoisotopic (exact) mass is 264 g/mol. The smallest absolute Gasteiger partial charge is 0.306 e. The Morgan fingerprint density at radius 2 is 2.21 bits per heavy atom. The zero-order valence-corrected chi connectivity index (χ0v) is 10.6. The van der Waals surface area contributed by atoms with E-state index in [1.807, 2.05) is 0 Å². The van der Waals surface area contributed by atoms with E-state index in [1.54, 1.807) is 19.1 Å². The third-order valence-electron chi connectivity index (χ3n) is 3.58. The van der Waals surface area contributed by atoms with E-state index in [1.165, 1.54) is 6.07 Å². The van der Waals surface area contributed by atoms with Crippen LogP contribution in [0.25, 0.3) is 0 Å². The molecular formula is C13H16N2O4. The van der Waals surface area contributed by atoms with Crippen molar-refractivity contribution in [1.82, 2.24) is 0 Å². The van der Waals surface area contributed by atoms with Crippen molar-refractivity contribution in [2.45, 2.75) is 32.2 Å². The number of para-hydroxylation sites is 1. The van der Waals surface area contributed by atoms with Crippen molar-refractivity contribution < 1.29 is 14.8 Å². The first-order valence-electron chi connectivity index (χ1n) is 6.22. The number of aryl methyl sites for hydroxylation is 1. The van der Waals surface area contributed by atoms with Crippen molar-refractivity contribution in [2.24, 2.45) is 5.92 Å². The summed E-state index contributed by atoms with van der Waals surface area (Å²) in [7, 11) is 0. The minimum absolute atomic E-state index is 0.0131. The highest BCUT2D eigenvalue weighted by molar-refractivity contribution is 5.71. The Hall–Kier alpha value is -2.11. The Kier molecular flexibility index (Phi) is 3.69. The van der Waals surface area contributed by atoms with Crippen molar-refractivity contribution in [2.75, 3.05) is 5.32 Å². The zero-order chi connectivity index (χ0) is 14.0. The second kappa shape index (κ2) is 5.26. The molecule has 2 N–H and O–H groups in total. The van der Waals surface area contributed by atoms with Crippen LogP contribution in [0.15, 0.2) is 18.2 Å². The number of rotatable bonds is 4. The molecule has 2 unspecified atom stereocenters. The van der Waals surface area contributed by atoms with E-state index in [2.05, 4.69) is 5.32 Å². The van der Waals surface area contributed by atoms with Gasteiger partial charge in [-0.3, -0.25) is 14.9 Å². The molecule has 0 aliphatic heterocycles. The topological polar surface area (TPSA) is 92.5 Å². The Balaban J connectivity index is 2.16. The van der Waals surface area contributed by atoms with Crippen LogP contribution in [0.2, 0.25) is 0 Å². The number of benzene rings is 1. The molecule has 1 saturated carbocycles.